The minimum atomic E-state index is -2.58. The van der Waals surface area contributed by atoms with Gasteiger partial charge in [-0.25, -0.2) is 8.78 Å². The lowest BCUT2D eigenvalue weighted by Crippen LogP contribution is -2.49. The fraction of sp³-hybridized carbons (Fsp3) is 0.781. The fourth-order valence-electron chi connectivity index (χ4n) is 7.39. The number of piperidine rings is 1. The van der Waals surface area contributed by atoms with Crippen LogP contribution in [0.1, 0.15) is 76.3 Å². The fourth-order valence-corrected chi connectivity index (χ4v) is 7.39. The first-order valence-corrected chi connectivity index (χ1v) is 15.3. The molecule has 1 N–H and O–H groups in total. The molecule has 1 saturated carbocycles. The van der Waals surface area contributed by atoms with Crippen LogP contribution in [0.5, 0.6) is 0 Å². The molecule has 2 saturated heterocycles. The van der Waals surface area contributed by atoms with Gasteiger partial charge in [0.15, 0.2) is 0 Å². The quantitative estimate of drug-likeness (QED) is 0.557. The second-order valence-electron chi connectivity index (χ2n) is 13.6. The normalized spacial score (nSPS) is 31.6. The van der Waals surface area contributed by atoms with Crippen LogP contribution >= 0.6 is 0 Å². The molecule has 1 aromatic carbocycles. The molecule has 218 valence electrons. The van der Waals surface area contributed by atoms with E-state index in [9.17, 15) is 18.7 Å². The maximum atomic E-state index is 13.8. The van der Waals surface area contributed by atoms with Gasteiger partial charge in [0.25, 0.3) is 0 Å². The molecular formula is C32H48F2N2O3. The van der Waals surface area contributed by atoms with Crippen LogP contribution in [0.3, 0.4) is 0 Å². The Kier molecular flexibility index (Phi) is 8.99. The Morgan fingerprint density at radius 3 is 2.36 bits per heavy atom. The summed E-state index contributed by atoms with van der Waals surface area (Å²) in [5.41, 5.74) is 2.45. The van der Waals surface area contributed by atoms with Crippen LogP contribution in [0.4, 0.5) is 8.78 Å². The summed E-state index contributed by atoms with van der Waals surface area (Å²) in [4.78, 5) is 18.3. The summed E-state index contributed by atoms with van der Waals surface area (Å²) >= 11 is 0. The minimum Gasteiger partial charge on any atom is -0.391 e. The Hall–Kier alpha value is -1.57. The number of hydrogen-bond donors (Lipinski definition) is 1. The smallest absolute Gasteiger partial charge is 0.248 e. The molecule has 2 aliphatic heterocycles. The molecule has 4 aliphatic rings. The van der Waals surface area contributed by atoms with E-state index in [4.69, 9.17) is 4.74 Å². The Bertz CT molecular complexity index is 951. The summed E-state index contributed by atoms with van der Waals surface area (Å²) in [6.45, 7) is 7.81. The Morgan fingerprint density at radius 2 is 1.67 bits per heavy atom. The molecule has 0 bridgehead atoms. The first-order chi connectivity index (χ1) is 18.6. The van der Waals surface area contributed by atoms with Gasteiger partial charge in [-0.1, -0.05) is 38.1 Å². The maximum Gasteiger partial charge on any atom is 0.248 e. The van der Waals surface area contributed by atoms with Crippen LogP contribution in [0, 0.1) is 23.2 Å². The van der Waals surface area contributed by atoms with Crippen molar-refractivity contribution in [2.45, 2.75) is 96.1 Å². The van der Waals surface area contributed by atoms with Crippen LogP contribution in [0.2, 0.25) is 0 Å². The highest BCUT2D eigenvalue weighted by molar-refractivity contribution is 5.76. The summed E-state index contributed by atoms with van der Waals surface area (Å²) in [6, 6.07) is 9.33. The van der Waals surface area contributed by atoms with E-state index in [0.717, 1.165) is 45.2 Å². The molecule has 2 aliphatic carbocycles. The van der Waals surface area contributed by atoms with Gasteiger partial charge in [0.05, 0.1) is 12.7 Å². The van der Waals surface area contributed by atoms with Gasteiger partial charge in [0.2, 0.25) is 11.8 Å². The van der Waals surface area contributed by atoms with Crippen molar-refractivity contribution in [1.29, 1.82) is 0 Å². The van der Waals surface area contributed by atoms with Crippen molar-refractivity contribution in [1.82, 2.24) is 9.80 Å². The number of carbonyl (C=O) groups excluding carboxylic acids is 1. The van der Waals surface area contributed by atoms with E-state index >= 15 is 0 Å². The van der Waals surface area contributed by atoms with Crippen LogP contribution in [-0.2, 0) is 22.4 Å². The highest BCUT2D eigenvalue weighted by Crippen LogP contribution is 2.38. The first-order valence-electron chi connectivity index (χ1n) is 15.3. The number of aliphatic hydroxyl groups is 1. The van der Waals surface area contributed by atoms with Gasteiger partial charge < -0.3 is 14.7 Å². The number of nitrogens with zero attached hydrogens (tertiary/aromatic N) is 2. The monoisotopic (exact) mass is 546 g/mol. The third kappa shape index (κ3) is 7.20. The molecule has 0 radical (unpaired) electrons. The number of hydrogen-bond acceptors (Lipinski definition) is 4. The van der Waals surface area contributed by atoms with Gasteiger partial charge in [-0.2, -0.15) is 0 Å². The lowest BCUT2D eigenvalue weighted by Gasteiger charge is -2.42. The van der Waals surface area contributed by atoms with Crippen molar-refractivity contribution >= 4 is 5.91 Å². The molecular weight excluding hydrogens is 498 g/mol. The number of likely N-dealkylation sites (tertiary alicyclic amines) is 1. The standard InChI is InChI=1S/C32H48F2N2O3/c1-31(2)22-39-15-5-8-27-20-35(28-16-24-6-3-4-7-25(24)17-28)14-11-26(27)18-30(38)36(21-29(31)37)19-23-9-12-32(33,34)13-10-23/h3-4,6-7,23,26-29,37H,5,8-22H2,1-2H3/t26-,27-,29-/m0/s1. The Labute approximate surface area is 233 Å². The van der Waals surface area contributed by atoms with Gasteiger partial charge in [-0.05, 0) is 80.4 Å². The average Bonchev–Trinajstić information content (AvgIpc) is 3.34. The van der Waals surface area contributed by atoms with Crippen LogP contribution in [0.25, 0.3) is 0 Å². The SMILES string of the molecule is CC1(C)COCCC[C@H]2CN(C3Cc4ccccc4C3)CC[C@H]2CC(=O)N(CC2CCC(F)(F)CC2)C[C@@H]1O. The van der Waals surface area contributed by atoms with Crippen molar-refractivity contribution in [3.63, 3.8) is 0 Å². The largest absolute Gasteiger partial charge is 0.391 e. The van der Waals surface area contributed by atoms with E-state index in [1.54, 1.807) is 0 Å². The van der Waals surface area contributed by atoms with Crippen molar-refractivity contribution in [2.24, 2.45) is 23.2 Å². The van der Waals surface area contributed by atoms with Gasteiger partial charge >= 0.3 is 0 Å². The van der Waals surface area contributed by atoms with Crippen LogP contribution < -0.4 is 0 Å². The zero-order valence-corrected chi connectivity index (χ0v) is 23.9. The van der Waals surface area contributed by atoms with Gasteiger partial charge in [-0.3, -0.25) is 9.69 Å². The molecule has 0 spiro atoms. The zero-order valence-electron chi connectivity index (χ0n) is 23.9. The van der Waals surface area contributed by atoms with E-state index in [2.05, 4.69) is 29.2 Å². The number of carbonyl (C=O) groups is 1. The molecule has 0 unspecified atom stereocenters. The van der Waals surface area contributed by atoms with E-state index in [-0.39, 0.29) is 31.2 Å². The summed E-state index contributed by atoms with van der Waals surface area (Å²) < 4.78 is 33.7. The number of halogens is 2. The third-order valence-electron chi connectivity index (χ3n) is 10.2. The third-order valence-corrected chi connectivity index (χ3v) is 10.2. The summed E-state index contributed by atoms with van der Waals surface area (Å²) in [5, 5.41) is 11.2. The van der Waals surface area contributed by atoms with E-state index in [0.29, 0.717) is 56.9 Å². The average molecular weight is 547 g/mol. The molecule has 39 heavy (non-hydrogen) atoms. The topological polar surface area (TPSA) is 53.0 Å². The van der Waals surface area contributed by atoms with Crippen molar-refractivity contribution in [3.05, 3.63) is 35.4 Å². The highest BCUT2D eigenvalue weighted by atomic mass is 19.3. The summed E-state index contributed by atoms with van der Waals surface area (Å²) in [7, 11) is 0. The second-order valence-corrected chi connectivity index (χ2v) is 13.6. The number of aliphatic hydroxyl groups excluding tert-OH is 1. The van der Waals surface area contributed by atoms with Gasteiger partial charge in [-0.15, -0.1) is 0 Å². The summed E-state index contributed by atoms with van der Waals surface area (Å²) in [5.74, 6) is -1.69. The molecule has 1 aromatic rings. The molecule has 7 heteroatoms. The molecule has 3 atom stereocenters. The Balaban J connectivity index is 1.28. The van der Waals surface area contributed by atoms with Gasteiger partial charge in [0, 0.05) is 57.0 Å². The van der Waals surface area contributed by atoms with E-state index in [1.807, 2.05) is 18.7 Å². The number of fused-ring (bicyclic) bond motifs is 2. The van der Waals surface area contributed by atoms with Crippen molar-refractivity contribution < 1.29 is 23.4 Å². The predicted molar refractivity (Wildman–Crippen MR) is 149 cm³/mol. The van der Waals surface area contributed by atoms with E-state index in [1.165, 1.54) is 11.1 Å². The van der Waals surface area contributed by atoms with Crippen LogP contribution in [-0.4, -0.2) is 78.3 Å². The molecule has 3 fully saturated rings. The highest BCUT2D eigenvalue weighted by Gasteiger charge is 2.40. The molecule has 0 aromatic heterocycles. The predicted octanol–water partition coefficient (Wildman–Crippen LogP) is 5.33. The van der Waals surface area contributed by atoms with Crippen molar-refractivity contribution in [2.75, 3.05) is 39.4 Å². The number of rotatable bonds is 3. The lowest BCUT2D eigenvalue weighted by atomic mass is 9.79. The zero-order chi connectivity index (χ0) is 27.6. The maximum absolute atomic E-state index is 13.8. The molecule has 1 amide bonds. The van der Waals surface area contributed by atoms with Crippen LogP contribution in [0.15, 0.2) is 24.3 Å². The first kappa shape index (κ1) is 28.9. The molecule has 5 rings (SSSR count). The van der Waals surface area contributed by atoms with Crippen molar-refractivity contribution in [3.8, 4) is 0 Å². The summed E-state index contributed by atoms with van der Waals surface area (Å²) in [6.07, 6.45) is 5.63. The minimum absolute atomic E-state index is 0.0671. The van der Waals surface area contributed by atoms with Gasteiger partial charge in [0.1, 0.15) is 0 Å². The molecule has 5 nitrogen and oxygen atoms in total. The van der Waals surface area contributed by atoms with E-state index < -0.39 is 17.4 Å². The molecule has 2 heterocycles. The number of alkyl halides is 2. The number of amides is 1. The lowest BCUT2D eigenvalue weighted by molar-refractivity contribution is -0.138. The number of benzene rings is 1. The Morgan fingerprint density at radius 1 is 0.974 bits per heavy atom. The number of ether oxygens (including phenoxy) is 1. The number of β-amino-alcohol motifs (C(OH)–C–C–N with tert-alkyl or cyclic N) is 1. The second kappa shape index (κ2) is 12.1.